The van der Waals surface area contributed by atoms with E-state index in [0.717, 1.165) is 55.5 Å². The van der Waals surface area contributed by atoms with Crippen molar-refractivity contribution in [2.45, 2.75) is 0 Å². The molecular weight excluding hydrogens is 580 g/mol. The van der Waals surface area contributed by atoms with Gasteiger partial charge in [0.05, 0.1) is 16.7 Å². The smallest absolute Gasteiger partial charge is 0.182 e. The largest absolute Gasteiger partial charge is 0.298 e. The third kappa shape index (κ3) is 4.76. The lowest BCUT2D eigenvalue weighted by Gasteiger charge is -2.10. The first kappa shape index (κ1) is 26.7. The van der Waals surface area contributed by atoms with Crippen LogP contribution in [0.1, 0.15) is 0 Å². The average molecular weight is 605 g/mol. The van der Waals surface area contributed by atoms with Crippen LogP contribution in [-0.4, -0.2) is 39.3 Å². The number of nitrogens with zero attached hydrogens (tertiary/aromatic N) is 8. The molecule has 0 saturated heterocycles. The van der Waals surface area contributed by atoms with Crippen molar-refractivity contribution in [1.82, 2.24) is 39.3 Å². The van der Waals surface area contributed by atoms with Gasteiger partial charge >= 0.3 is 0 Å². The minimum absolute atomic E-state index is 0.493. The molecule has 6 heterocycles. The van der Waals surface area contributed by atoms with Gasteiger partial charge in [0.1, 0.15) is 22.6 Å². The fourth-order valence-corrected chi connectivity index (χ4v) is 5.94. The highest BCUT2D eigenvalue weighted by atomic mass is 15.1. The second-order valence-corrected chi connectivity index (χ2v) is 11.1. The molecule has 0 N–H and O–H groups in total. The van der Waals surface area contributed by atoms with Crippen LogP contribution in [0.5, 0.6) is 0 Å². The molecule has 0 saturated carbocycles. The number of aromatic nitrogens is 8. The number of benzene rings is 3. The van der Waals surface area contributed by atoms with Gasteiger partial charge in [-0.05, 0) is 59.7 Å². The van der Waals surface area contributed by atoms with E-state index >= 15 is 0 Å². The van der Waals surface area contributed by atoms with Gasteiger partial charge in [0.2, 0.25) is 0 Å². The van der Waals surface area contributed by atoms with Crippen LogP contribution in [0.2, 0.25) is 0 Å². The molecule has 0 aliphatic carbocycles. The molecule has 47 heavy (non-hydrogen) atoms. The second kappa shape index (κ2) is 11.0. The summed E-state index contributed by atoms with van der Waals surface area (Å²) in [5, 5.41) is 1.04. The van der Waals surface area contributed by atoms with Crippen LogP contribution in [-0.2, 0) is 0 Å². The van der Waals surface area contributed by atoms with E-state index in [9.17, 15) is 0 Å². The van der Waals surface area contributed by atoms with Gasteiger partial charge in [0, 0.05) is 35.1 Å². The van der Waals surface area contributed by atoms with E-state index in [1.165, 1.54) is 0 Å². The standard InChI is InChI=1S/C39H24N8/c1-2-13-30-29(12-1)35-36(47-23-8-5-16-33(47)43-35)34(42-30)26-19-17-25(18-20-26)27-10-9-11-28(24-27)37-44-38(31-14-3-6-21-40-31)46-39(45-37)32-15-4-7-22-41-32/h1-24H. The molecule has 9 aromatic rings. The summed E-state index contributed by atoms with van der Waals surface area (Å²) in [6, 6.07) is 42.4. The van der Waals surface area contributed by atoms with Crippen molar-refractivity contribution >= 4 is 27.6 Å². The molecule has 8 heteroatoms. The van der Waals surface area contributed by atoms with Crippen molar-refractivity contribution in [1.29, 1.82) is 0 Å². The van der Waals surface area contributed by atoms with E-state index in [4.69, 9.17) is 24.9 Å². The van der Waals surface area contributed by atoms with E-state index in [1.54, 1.807) is 12.4 Å². The number of imidazole rings is 1. The fourth-order valence-electron chi connectivity index (χ4n) is 5.94. The molecule has 0 spiro atoms. The highest BCUT2D eigenvalue weighted by Crippen LogP contribution is 2.34. The summed E-state index contributed by atoms with van der Waals surface area (Å²) < 4.78 is 2.12. The van der Waals surface area contributed by atoms with Gasteiger partial charge in [-0.25, -0.2) is 24.9 Å². The van der Waals surface area contributed by atoms with Crippen LogP contribution in [0.4, 0.5) is 0 Å². The number of hydrogen-bond donors (Lipinski definition) is 0. The highest BCUT2D eigenvalue weighted by molar-refractivity contribution is 6.09. The van der Waals surface area contributed by atoms with Crippen LogP contribution in [0.15, 0.2) is 146 Å². The third-order valence-corrected chi connectivity index (χ3v) is 8.18. The Kier molecular flexibility index (Phi) is 6.28. The maximum absolute atomic E-state index is 5.13. The number of rotatable bonds is 5. The van der Waals surface area contributed by atoms with E-state index in [0.29, 0.717) is 28.9 Å². The first-order valence-electron chi connectivity index (χ1n) is 15.2. The molecule has 0 aliphatic heterocycles. The van der Waals surface area contributed by atoms with Crippen LogP contribution in [0.3, 0.4) is 0 Å². The quantitative estimate of drug-likeness (QED) is 0.195. The zero-order valence-electron chi connectivity index (χ0n) is 24.9. The predicted molar refractivity (Wildman–Crippen MR) is 184 cm³/mol. The Bertz CT molecular complexity index is 2500. The summed E-state index contributed by atoms with van der Waals surface area (Å²) >= 11 is 0. The molecule has 0 aliphatic rings. The Balaban J connectivity index is 1.13. The maximum atomic E-state index is 5.13. The molecule has 0 radical (unpaired) electrons. The minimum atomic E-state index is 0.493. The van der Waals surface area contributed by atoms with Crippen molar-refractivity contribution in [3.05, 3.63) is 146 Å². The molecule has 220 valence electrons. The molecule has 6 aromatic heterocycles. The molecule has 0 atom stereocenters. The summed E-state index contributed by atoms with van der Waals surface area (Å²) in [6.45, 7) is 0. The molecule has 0 fully saturated rings. The lowest BCUT2D eigenvalue weighted by molar-refractivity contribution is 1.05. The first-order valence-corrected chi connectivity index (χ1v) is 15.2. The van der Waals surface area contributed by atoms with Crippen LogP contribution >= 0.6 is 0 Å². The Morgan fingerprint density at radius 1 is 0.447 bits per heavy atom. The van der Waals surface area contributed by atoms with Gasteiger partial charge in [-0.15, -0.1) is 0 Å². The maximum Gasteiger partial charge on any atom is 0.182 e. The van der Waals surface area contributed by atoms with Crippen LogP contribution in [0.25, 0.3) is 84.4 Å². The second-order valence-electron chi connectivity index (χ2n) is 11.1. The monoisotopic (exact) mass is 604 g/mol. The molecule has 0 amide bonds. The van der Waals surface area contributed by atoms with Gasteiger partial charge < -0.3 is 0 Å². The highest BCUT2D eigenvalue weighted by Gasteiger charge is 2.17. The average Bonchev–Trinajstić information content (AvgIpc) is 3.55. The van der Waals surface area contributed by atoms with Gasteiger partial charge in [-0.3, -0.25) is 14.4 Å². The Morgan fingerprint density at radius 2 is 1.11 bits per heavy atom. The summed E-state index contributed by atoms with van der Waals surface area (Å²) in [5.41, 5.74) is 9.98. The summed E-state index contributed by atoms with van der Waals surface area (Å²) in [7, 11) is 0. The zero-order chi connectivity index (χ0) is 31.2. The van der Waals surface area contributed by atoms with E-state index < -0.39 is 0 Å². The van der Waals surface area contributed by atoms with Crippen molar-refractivity contribution in [2.75, 3.05) is 0 Å². The predicted octanol–water partition coefficient (Wildman–Crippen LogP) is 8.35. The van der Waals surface area contributed by atoms with Gasteiger partial charge in [0.15, 0.2) is 17.5 Å². The number of pyridine rings is 4. The zero-order valence-corrected chi connectivity index (χ0v) is 24.9. The molecule has 8 nitrogen and oxygen atoms in total. The van der Waals surface area contributed by atoms with Crippen molar-refractivity contribution in [2.24, 2.45) is 0 Å². The topological polar surface area (TPSA) is 94.6 Å². The van der Waals surface area contributed by atoms with Crippen LogP contribution < -0.4 is 0 Å². The lowest BCUT2D eigenvalue weighted by atomic mass is 10.00. The van der Waals surface area contributed by atoms with E-state index in [1.807, 2.05) is 91.1 Å². The fraction of sp³-hybridized carbons (Fsp3) is 0. The SMILES string of the molecule is c1ccc(-c2nc(-c3cccc(-c4ccc(-c5nc6ccccc6c6nc7ccccn7c56)cc4)c3)nc(-c3ccccn3)n2)nc1. The van der Waals surface area contributed by atoms with E-state index in [-0.39, 0.29) is 0 Å². The summed E-state index contributed by atoms with van der Waals surface area (Å²) in [6.07, 6.45) is 5.51. The summed E-state index contributed by atoms with van der Waals surface area (Å²) in [4.78, 5) is 33.5. The molecule has 9 rings (SSSR count). The van der Waals surface area contributed by atoms with Crippen molar-refractivity contribution in [3.63, 3.8) is 0 Å². The molecular formula is C39H24N8. The lowest BCUT2D eigenvalue weighted by Crippen LogP contribution is -2.01. The van der Waals surface area contributed by atoms with Gasteiger partial charge in [-0.2, -0.15) is 0 Å². The van der Waals surface area contributed by atoms with Gasteiger partial charge in [-0.1, -0.05) is 78.9 Å². The number of para-hydroxylation sites is 1. The first-order chi connectivity index (χ1) is 23.3. The van der Waals surface area contributed by atoms with E-state index in [2.05, 4.69) is 56.8 Å². The van der Waals surface area contributed by atoms with Crippen molar-refractivity contribution in [3.8, 4) is 56.8 Å². The molecule has 0 bridgehead atoms. The third-order valence-electron chi connectivity index (χ3n) is 8.18. The normalized spacial score (nSPS) is 11.4. The molecule has 3 aromatic carbocycles. The summed E-state index contributed by atoms with van der Waals surface area (Å²) in [5.74, 6) is 1.54. The van der Waals surface area contributed by atoms with Crippen LogP contribution in [0, 0.1) is 0 Å². The Labute approximate surface area is 269 Å². The Morgan fingerprint density at radius 3 is 1.85 bits per heavy atom. The van der Waals surface area contributed by atoms with Crippen molar-refractivity contribution < 1.29 is 0 Å². The number of hydrogen-bond acceptors (Lipinski definition) is 7. The van der Waals surface area contributed by atoms with Gasteiger partial charge in [0.25, 0.3) is 0 Å². The number of fused-ring (bicyclic) bond motifs is 5. The minimum Gasteiger partial charge on any atom is -0.298 e. The Hall–Kier alpha value is -6.67. The molecule has 0 unspecified atom stereocenters.